The van der Waals surface area contributed by atoms with Gasteiger partial charge in [-0.25, -0.2) is 4.98 Å². The smallest absolute Gasteiger partial charge is 0.293 e. The molecule has 13 heteroatoms. The summed E-state index contributed by atoms with van der Waals surface area (Å²) in [7, 11) is 0. The number of nitro groups is 1. The van der Waals surface area contributed by atoms with Crippen LogP contribution in [0.25, 0.3) is 10.2 Å². The number of amides is 2. The van der Waals surface area contributed by atoms with E-state index in [0.29, 0.717) is 48.3 Å². The van der Waals surface area contributed by atoms with Crippen molar-refractivity contribution in [1.82, 2.24) is 10.3 Å². The molecule has 2 heterocycles. The van der Waals surface area contributed by atoms with Gasteiger partial charge in [-0.2, -0.15) is 0 Å². The van der Waals surface area contributed by atoms with Crippen LogP contribution in [0.3, 0.4) is 0 Å². The highest BCUT2D eigenvalue weighted by Crippen LogP contribution is 2.30. The van der Waals surface area contributed by atoms with E-state index in [4.69, 9.17) is 17.0 Å². The Balaban J connectivity index is 1.45. The van der Waals surface area contributed by atoms with Crippen LogP contribution in [0.4, 0.5) is 22.2 Å². The largest absolute Gasteiger partial charge is 0.378 e. The summed E-state index contributed by atoms with van der Waals surface area (Å²) in [6, 6.07) is 9.62. The molecule has 11 nitrogen and oxygen atoms in total. The number of nitrogens with zero attached hydrogens (tertiary/aromatic N) is 3. The lowest BCUT2D eigenvalue weighted by Crippen LogP contribution is -2.37. The number of aromatic nitrogens is 1. The molecule has 34 heavy (non-hydrogen) atoms. The molecule has 2 aromatic carbocycles. The fraction of sp³-hybridized carbons (Fsp3) is 0.238. The van der Waals surface area contributed by atoms with E-state index in [1.807, 2.05) is 4.90 Å². The molecule has 1 fully saturated rings. The molecule has 3 aromatic rings. The van der Waals surface area contributed by atoms with Gasteiger partial charge in [0.15, 0.2) is 10.2 Å². The number of ether oxygens (including phenoxy) is 1. The molecule has 0 atom stereocenters. The van der Waals surface area contributed by atoms with Gasteiger partial charge in [0.2, 0.25) is 5.91 Å². The maximum Gasteiger partial charge on any atom is 0.293 e. The van der Waals surface area contributed by atoms with Crippen LogP contribution in [-0.2, 0) is 9.53 Å². The van der Waals surface area contributed by atoms with Crippen LogP contribution in [0.5, 0.6) is 0 Å². The molecule has 1 aromatic heterocycles. The van der Waals surface area contributed by atoms with Crippen molar-refractivity contribution in [2.45, 2.75) is 6.92 Å². The molecule has 0 saturated carbocycles. The molecule has 1 aliphatic heterocycles. The average Bonchev–Trinajstić information content (AvgIpc) is 3.20. The summed E-state index contributed by atoms with van der Waals surface area (Å²) in [5.74, 6) is -0.757. The van der Waals surface area contributed by atoms with Crippen LogP contribution in [-0.4, -0.2) is 53.1 Å². The molecule has 3 N–H and O–H groups in total. The number of anilines is 3. The molecule has 1 aliphatic rings. The topological polar surface area (TPSA) is 139 Å². The van der Waals surface area contributed by atoms with Gasteiger partial charge in [-0.15, -0.1) is 0 Å². The minimum Gasteiger partial charge on any atom is -0.378 e. The standard InChI is InChI=1S/C21H20N6O5S2/c1-12(28)22-14-3-4-15-18(11-14)34-21(23-15)25-20(33)24-19(29)13-2-5-16(17(10-13)27(30)31)26-6-8-32-9-7-26/h2-5,10-11H,6-9H2,1H3,(H,22,28)(H2,23,24,25,29,33). The number of fused-ring (bicyclic) bond motifs is 1. The van der Waals surface area contributed by atoms with Crippen LogP contribution < -0.4 is 20.9 Å². The highest BCUT2D eigenvalue weighted by atomic mass is 32.1. The Morgan fingerprint density at radius 1 is 1.18 bits per heavy atom. The first-order valence-corrected chi connectivity index (χ1v) is 11.4. The van der Waals surface area contributed by atoms with Crippen molar-refractivity contribution in [2.24, 2.45) is 0 Å². The van der Waals surface area contributed by atoms with Crippen molar-refractivity contribution in [2.75, 3.05) is 41.8 Å². The van der Waals surface area contributed by atoms with Crippen molar-refractivity contribution in [3.05, 3.63) is 52.1 Å². The van der Waals surface area contributed by atoms with Gasteiger partial charge in [-0.3, -0.25) is 25.0 Å². The van der Waals surface area contributed by atoms with Crippen LogP contribution >= 0.6 is 23.6 Å². The lowest BCUT2D eigenvalue weighted by molar-refractivity contribution is -0.384. The molecule has 0 aliphatic carbocycles. The van der Waals surface area contributed by atoms with Crippen molar-refractivity contribution in [1.29, 1.82) is 0 Å². The Morgan fingerprint density at radius 2 is 1.94 bits per heavy atom. The molecule has 0 unspecified atom stereocenters. The van der Waals surface area contributed by atoms with E-state index in [-0.39, 0.29) is 22.3 Å². The second kappa shape index (κ2) is 10.1. The number of nitro benzene ring substituents is 1. The second-order valence-corrected chi connectivity index (χ2v) is 8.79. The third-order valence-corrected chi connectivity index (χ3v) is 6.08. The van der Waals surface area contributed by atoms with Gasteiger partial charge in [-0.05, 0) is 42.5 Å². The minimum atomic E-state index is -0.580. The molecule has 176 valence electrons. The Labute approximate surface area is 203 Å². The third kappa shape index (κ3) is 5.44. The summed E-state index contributed by atoms with van der Waals surface area (Å²) in [5.41, 5.74) is 1.74. The third-order valence-electron chi connectivity index (χ3n) is 4.94. The molecule has 1 saturated heterocycles. The van der Waals surface area contributed by atoms with Crippen LogP contribution in [0.15, 0.2) is 36.4 Å². The highest BCUT2D eigenvalue weighted by Gasteiger charge is 2.23. The fourth-order valence-electron chi connectivity index (χ4n) is 3.45. The second-order valence-electron chi connectivity index (χ2n) is 7.35. The maximum absolute atomic E-state index is 12.7. The van der Waals surface area contributed by atoms with Gasteiger partial charge >= 0.3 is 0 Å². The summed E-state index contributed by atoms with van der Waals surface area (Å²) >= 11 is 6.52. The maximum atomic E-state index is 12.7. The van der Waals surface area contributed by atoms with Crippen LogP contribution in [0, 0.1) is 10.1 Å². The Hall–Kier alpha value is -3.68. The van der Waals surface area contributed by atoms with Crippen molar-refractivity contribution in [3.8, 4) is 0 Å². The Bertz CT molecular complexity index is 1290. The van der Waals surface area contributed by atoms with Crippen LogP contribution in [0.1, 0.15) is 17.3 Å². The lowest BCUT2D eigenvalue weighted by Gasteiger charge is -2.28. The van der Waals surface area contributed by atoms with E-state index in [1.54, 1.807) is 24.3 Å². The lowest BCUT2D eigenvalue weighted by atomic mass is 10.1. The number of nitrogens with one attached hydrogen (secondary N) is 3. The quantitative estimate of drug-likeness (QED) is 0.274. The summed E-state index contributed by atoms with van der Waals surface area (Å²) < 4.78 is 6.12. The van der Waals surface area contributed by atoms with Crippen molar-refractivity contribution < 1.29 is 19.2 Å². The van der Waals surface area contributed by atoms with Crippen molar-refractivity contribution >= 4 is 72.9 Å². The van der Waals surface area contributed by atoms with E-state index in [0.717, 1.165) is 4.70 Å². The Morgan fingerprint density at radius 3 is 2.65 bits per heavy atom. The first-order valence-electron chi connectivity index (χ1n) is 10.2. The number of hydrogen-bond acceptors (Lipinski definition) is 9. The highest BCUT2D eigenvalue weighted by molar-refractivity contribution is 7.80. The molecule has 4 rings (SSSR count). The first kappa shape index (κ1) is 23.5. The molecule has 0 bridgehead atoms. The fourth-order valence-corrected chi connectivity index (χ4v) is 4.61. The van der Waals surface area contributed by atoms with E-state index in [2.05, 4.69) is 20.9 Å². The predicted octanol–water partition coefficient (Wildman–Crippen LogP) is 3.13. The van der Waals surface area contributed by atoms with E-state index < -0.39 is 10.8 Å². The zero-order valence-electron chi connectivity index (χ0n) is 18.0. The summed E-state index contributed by atoms with van der Waals surface area (Å²) in [6.45, 7) is 3.47. The molecule has 0 radical (unpaired) electrons. The number of benzene rings is 2. The minimum absolute atomic E-state index is 0.00560. The number of carbonyl (C=O) groups is 2. The molecular formula is C21H20N6O5S2. The van der Waals surface area contributed by atoms with Crippen LogP contribution in [0.2, 0.25) is 0 Å². The average molecular weight is 501 g/mol. The summed E-state index contributed by atoms with van der Waals surface area (Å²) in [6.07, 6.45) is 0. The van der Waals surface area contributed by atoms with Gasteiger partial charge in [0, 0.05) is 37.3 Å². The van der Waals surface area contributed by atoms with E-state index >= 15 is 0 Å². The number of carbonyl (C=O) groups excluding carboxylic acids is 2. The number of hydrogen-bond donors (Lipinski definition) is 3. The normalized spacial score (nSPS) is 13.4. The van der Waals surface area contributed by atoms with Gasteiger partial charge in [0.25, 0.3) is 11.6 Å². The summed E-state index contributed by atoms with van der Waals surface area (Å²) in [4.78, 5) is 41.3. The SMILES string of the molecule is CC(=O)Nc1ccc2nc(NC(=S)NC(=O)c3ccc(N4CCOCC4)c([N+](=O)[O-])c3)sc2c1. The van der Waals surface area contributed by atoms with E-state index in [1.165, 1.54) is 30.4 Å². The Kier molecular flexibility index (Phi) is 6.95. The predicted molar refractivity (Wildman–Crippen MR) is 134 cm³/mol. The number of morpholine rings is 1. The van der Waals surface area contributed by atoms with Gasteiger partial charge in [-0.1, -0.05) is 11.3 Å². The zero-order valence-corrected chi connectivity index (χ0v) is 19.6. The van der Waals surface area contributed by atoms with Gasteiger partial charge in [0.1, 0.15) is 5.69 Å². The van der Waals surface area contributed by atoms with E-state index in [9.17, 15) is 19.7 Å². The number of rotatable bonds is 5. The molecule has 2 amide bonds. The molecular weight excluding hydrogens is 480 g/mol. The monoisotopic (exact) mass is 500 g/mol. The van der Waals surface area contributed by atoms with Gasteiger partial charge < -0.3 is 20.3 Å². The first-order chi connectivity index (χ1) is 16.3. The summed E-state index contributed by atoms with van der Waals surface area (Å²) in [5, 5.41) is 20.2. The van der Waals surface area contributed by atoms with Crippen molar-refractivity contribution in [3.63, 3.8) is 0 Å². The zero-order chi connectivity index (χ0) is 24.2. The molecule has 0 spiro atoms. The van der Waals surface area contributed by atoms with Gasteiger partial charge in [0.05, 0.1) is 28.4 Å². The number of thiocarbonyl (C=S) groups is 1. The number of thiazole rings is 1.